The van der Waals surface area contributed by atoms with Crippen molar-refractivity contribution in [2.24, 2.45) is 0 Å². The maximum atomic E-state index is 13.2. The second-order valence-corrected chi connectivity index (χ2v) is 9.93. The van der Waals surface area contributed by atoms with E-state index >= 15 is 0 Å². The van der Waals surface area contributed by atoms with E-state index in [0.29, 0.717) is 18.3 Å². The topological polar surface area (TPSA) is 61.9 Å². The molecule has 4 aromatic rings. The fourth-order valence-electron chi connectivity index (χ4n) is 4.67. The van der Waals surface area contributed by atoms with Crippen LogP contribution in [0.5, 0.6) is 5.75 Å². The number of nitrogens with zero attached hydrogens (tertiary/aromatic N) is 4. The quantitative estimate of drug-likeness (QED) is 0.206. The van der Waals surface area contributed by atoms with Crippen molar-refractivity contribution in [2.75, 3.05) is 12.9 Å². The molecule has 1 saturated carbocycles. The first-order chi connectivity index (χ1) is 17.1. The van der Waals surface area contributed by atoms with E-state index in [1.54, 1.807) is 7.11 Å². The summed E-state index contributed by atoms with van der Waals surface area (Å²) in [5, 5.41) is 9.76. The molecule has 1 aliphatic rings. The number of hydrogen-bond acceptors (Lipinski definition) is 5. The molecule has 180 valence electrons. The monoisotopic (exact) mass is 486 g/mol. The number of carbonyl (C=O) groups is 1. The van der Waals surface area contributed by atoms with Crippen LogP contribution < -0.4 is 4.74 Å². The van der Waals surface area contributed by atoms with Gasteiger partial charge in [0, 0.05) is 29.5 Å². The lowest BCUT2D eigenvalue weighted by Crippen LogP contribution is -2.09. The highest BCUT2D eigenvalue weighted by molar-refractivity contribution is 7.99. The van der Waals surface area contributed by atoms with Crippen LogP contribution in [0.4, 0.5) is 0 Å². The summed E-state index contributed by atoms with van der Waals surface area (Å²) < 4.78 is 10.0. The number of ether oxygens (including phenoxy) is 1. The Labute approximate surface area is 210 Å². The number of aromatic nitrogens is 4. The predicted molar refractivity (Wildman–Crippen MR) is 139 cm³/mol. The van der Waals surface area contributed by atoms with E-state index in [4.69, 9.17) is 4.74 Å². The summed E-state index contributed by atoms with van der Waals surface area (Å²) in [7, 11) is 1.66. The number of methoxy groups -OCH3 is 1. The fraction of sp³-hybridized carbons (Fsp3) is 0.321. The number of para-hydroxylation sites is 1. The van der Waals surface area contributed by atoms with E-state index in [2.05, 4.69) is 57.4 Å². The summed E-state index contributed by atoms with van der Waals surface area (Å²) >= 11 is 1.45. The van der Waals surface area contributed by atoms with Crippen LogP contribution in [0.3, 0.4) is 0 Å². The van der Waals surface area contributed by atoms with Crippen molar-refractivity contribution in [3.63, 3.8) is 0 Å². The molecule has 0 N–H and O–H groups in total. The molecule has 1 aliphatic carbocycles. The third-order valence-electron chi connectivity index (χ3n) is 6.56. The number of ketones is 1. The van der Waals surface area contributed by atoms with Crippen molar-refractivity contribution in [1.29, 1.82) is 0 Å². The van der Waals surface area contributed by atoms with Crippen LogP contribution in [0.25, 0.3) is 11.4 Å². The molecule has 0 bridgehead atoms. The van der Waals surface area contributed by atoms with Gasteiger partial charge in [-0.25, -0.2) is 0 Å². The largest absolute Gasteiger partial charge is 0.496 e. The first-order valence-corrected chi connectivity index (χ1v) is 13.0. The molecule has 2 aromatic carbocycles. The number of rotatable bonds is 10. The lowest BCUT2D eigenvalue weighted by Gasteiger charge is -2.12. The highest BCUT2D eigenvalue weighted by Crippen LogP contribution is 2.38. The van der Waals surface area contributed by atoms with Crippen molar-refractivity contribution < 1.29 is 9.53 Å². The Bertz CT molecular complexity index is 1340. The van der Waals surface area contributed by atoms with E-state index in [1.165, 1.54) is 35.9 Å². The van der Waals surface area contributed by atoms with Gasteiger partial charge in [-0.1, -0.05) is 54.2 Å². The average Bonchev–Trinajstić information content (AvgIpc) is 3.56. The van der Waals surface area contributed by atoms with Crippen molar-refractivity contribution in [1.82, 2.24) is 19.3 Å². The van der Waals surface area contributed by atoms with Crippen molar-refractivity contribution in [3.05, 3.63) is 83.2 Å². The highest BCUT2D eigenvalue weighted by atomic mass is 32.2. The molecule has 0 atom stereocenters. The van der Waals surface area contributed by atoms with Gasteiger partial charge in [-0.05, 0) is 56.9 Å². The highest BCUT2D eigenvalue weighted by Gasteiger charge is 2.28. The van der Waals surface area contributed by atoms with Crippen LogP contribution in [0, 0.1) is 13.8 Å². The van der Waals surface area contributed by atoms with Gasteiger partial charge in [0.2, 0.25) is 0 Å². The predicted octanol–water partition coefficient (Wildman–Crippen LogP) is 5.92. The van der Waals surface area contributed by atoms with Gasteiger partial charge in [-0.2, -0.15) is 0 Å². The van der Waals surface area contributed by atoms with Crippen molar-refractivity contribution >= 4 is 17.5 Å². The summed E-state index contributed by atoms with van der Waals surface area (Å²) in [6.07, 6.45) is 3.25. The molecule has 0 saturated heterocycles. The van der Waals surface area contributed by atoms with Crippen LogP contribution in [0.2, 0.25) is 0 Å². The van der Waals surface area contributed by atoms with E-state index in [1.807, 2.05) is 36.4 Å². The van der Waals surface area contributed by atoms with Crippen LogP contribution >= 0.6 is 11.8 Å². The van der Waals surface area contributed by atoms with Gasteiger partial charge in [0.25, 0.3) is 0 Å². The molecule has 7 heteroatoms. The molecule has 2 heterocycles. The number of thioether (sulfide) groups is 1. The molecule has 0 radical (unpaired) electrons. The Kier molecular flexibility index (Phi) is 6.77. The number of aryl methyl sites for hydroxylation is 2. The zero-order valence-corrected chi connectivity index (χ0v) is 21.2. The summed E-state index contributed by atoms with van der Waals surface area (Å²) in [5.74, 6) is 1.96. The summed E-state index contributed by atoms with van der Waals surface area (Å²) in [6.45, 7) is 4.86. The molecule has 6 nitrogen and oxygen atoms in total. The number of hydrogen-bond donors (Lipinski definition) is 0. The Morgan fingerprint density at radius 3 is 2.54 bits per heavy atom. The summed E-state index contributed by atoms with van der Waals surface area (Å²) in [6, 6.07) is 20.8. The Hall–Kier alpha value is -3.32. The first kappa shape index (κ1) is 23.4. The number of carbonyl (C=O) groups excluding carboxylic acids is 1. The SMILES string of the molecule is COc1ccccc1-c1nnc(SCC(=O)c2cc(C)n(C3CC3)c2C)n1CCc1ccccc1. The molecule has 35 heavy (non-hydrogen) atoms. The molecule has 0 spiro atoms. The lowest BCUT2D eigenvalue weighted by molar-refractivity contribution is 0.102. The lowest BCUT2D eigenvalue weighted by atomic mass is 10.1. The zero-order valence-electron chi connectivity index (χ0n) is 20.4. The van der Waals surface area contributed by atoms with Gasteiger partial charge in [0.05, 0.1) is 18.4 Å². The fourth-order valence-corrected chi connectivity index (χ4v) is 5.52. The van der Waals surface area contributed by atoms with Crippen LogP contribution in [0.15, 0.2) is 65.8 Å². The summed E-state index contributed by atoms with van der Waals surface area (Å²) in [4.78, 5) is 13.2. The Morgan fingerprint density at radius 2 is 1.80 bits per heavy atom. The van der Waals surface area contributed by atoms with E-state index in [9.17, 15) is 4.79 Å². The molecular weight excluding hydrogens is 456 g/mol. The van der Waals surface area contributed by atoms with Gasteiger partial charge in [0.1, 0.15) is 5.75 Å². The second-order valence-electron chi connectivity index (χ2n) is 8.99. The molecule has 2 aromatic heterocycles. The van der Waals surface area contributed by atoms with E-state index in [-0.39, 0.29) is 5.78 Å². The minimum Gasteiger partial charge on any atom is -0.496 e. The van der Waals surface area contributed by atoms with Crippen molar-refractivity contribution in [2.45, 2.75) is 50.9 Å². The third kappa shape index (κ3) is 4.91. The van der Waals surface area contributed by atoms with Crippen LogP contribution in [-0.4, -0.2) is 38.0 Å². The van der Waals surface area contributed by atoms with E-state index in [0.717, 1.165) is 40.0 Å². The standard InChI is InChI=1S/C28H30N4O2S/c1-19-17-24(20(2)32(19)22-13-14-22)25(33)18-35-28-30-29-27(23-11-7-8-12-26(23)34-3)31(28)16-15-21-9-5-4-6-10-21/h4-12,17,22H,13-16,18H2,1-3H3. The smallest absolute Gasteiger partial charge is 0.191 e. The van der Waals surface area contributed by atoms with Gasteiger partial charge in [0.15, 0.2) is 16.8 Å². The molecular formula is C28H30N4O2S. The second kappa shape index (κ2) is 10.1. The molecule has 5 rings (SSSR count). The van der Waals surface area contributed by atoms with Crippen molar-refractivity contribution in [3.8, 4) is 17.1 Å². The zero-order chi connectivity index (χ0) is 24.4. The minimum absolute atomic E-state index is 0.131. The van der Waals surface area contributed by atoms with Crippen LogP contribution in [0.1, 0.15) is 46.2 Å². The van der Waals surface area contributed by atoms with Gasteiger partial charge in [-0.15, -0.1) is 10.2 Å². The maximum absolute atomic E-state index is 13.2. The average molecular weight is 487 g/mol. The maximum Gasteiger partial charge on any atom is 0.191 e. The first-order valence-electron chi connectivity index (χ1n) is 12.0. The third-order valence-corrected chi connectivity index (χ3v) is 7.53. The van der Waals surface area contributed by atoms with Gasteiger partial charge in [-0.3, -0.25) is 4.79 Å². The minimum atomic E-state index is 0.131. The number of benzene rings is 2. The van der Waals surface area contributed by atoms with Gasteiger partial charge >= 0.3 is 0 Å². The van der Waals surface area contributed by atoms with Crippen LogP contribution in [-0.2, 0) is 13.0 Å². The Balaban J connectivity index is 1.40. The normalized spacial score (nSPS) is 13.2. The Morgan fingerprint density at radius 1 is 1.06 bits per heavy atom. The molecule has 0 amide bonds. The van der Waals surface area contributed by atoms with E-state index < -0.39 is 0 Å². The molecule has 0 unspecified atom stereocenters. The molecule has 1 fully saturated rings. The van der Waals surface area contributed by atoms with Gasteiger partial charge < -0.3 is 13.9 Å². The number of Topliss-reactive ketones (excluding diaryl/α,β-unsaturated/α-hetero) is 1. The summed E-state index contributed by atoms with van der Waals surface area (Å²) in [5.41, 5.74) is 5.20. The molecule has 0 aliphatic heterocycles.